The first kappa shape index (κ1) is 16.7. The molecule has 122 valence electrons. The Morgan fingerprint density at radius 1 is 1.30 bits per heavy atom. The number of carbonyl (C=O) groups excluding carboxylic acids is 2. The average Bonchev–Trinajstić information content (AvgIpc) is 2.96. The quantitative estimate of drug-likeness (QED) is 0.748. The maximum Gasteiger partial charge on any atom is 0.255 e. The van der Waals surface area contributed by atoms with Gasteiger partial charge in [0.05, 0.1) is 24.5 Å². The molecule has 2 amide bonds. The molecule has 6 nitrogen and oxygen atoms in total. The third-order valence-electron chi connectivity index (χ3n) is 3.24. The molecule has 0 aliphatic carbocycles. The van der Waals surface area contributed by atoms with Crippen molar-refractivity contribution in [2.24, 2.45) is 0 Å². The predicted octanol–water partition coefficient (Wildman–Crippen LogP) is 1.31. The average molecular weight is 320 g/mol. The van der Waals surface area contributed by atoms with Gasteiger partial charge in [0.15, 0.2) is 0 Å². The monoisotopic (exact) mass is 320 g/mol. The van der Waals surface area contributed by atoms with E-state index in [2.05, 4.69) is 10.6 Å². The first-order chi connectivity index (χ1) is 11.0. The van der Waals surface area contributed by atoms with Gasteiger partial charge in [-0.3, -0.25) is 9.59 Å². The van der Waals surface area contributed by atoms with E-state index in [1.165, 1.54) is 30.5 Å². The van der Waals surface area contributed by atoms with Crippen molar-refractivity contribution >= 4 is 11.8 Å². The maximum atomic E-state index is 13.0. The maximum absolute atomic E-state index is 13.0. The van der Waals surface area contributed by atoms with Gasteiger partial charge in [-0.25, -0.2) is 4.39 Å². The number of amides is 2. The van der Waals surface area contributed by atoms with Crippen LogP contribution in [0.25, 0.3) is 0 Å². The molecule has 0 saturated carbocycles. The van der Waals surface area contributed by atoms with Gasteiger partial charge in [-0.2, -0.15) is 0 Å². The van der Waals surface area contributed by atoms with Gasteiger partial charge in [0.2, 0.25) is 5.91 Å². The van der Waals surface area contributed by atoms with Crippen LogP contribution in [-0.4, -0.2) is 30.0 Å². The van der Waals surface area contributed by atoms with E-state index < -0.39 is 23.7 Å². The Morgan fingerprint density at radius 3 is 2.74 bits per heavy atom. The molecule has 1 atom stereocenters. The number of carbonyl (C=O) groups is 2. The zero-order chi connectivity index (χ0) is 16.8. The van der Waals surface area contributed by atoms with Crippen molar-refractivity contribution in [3.63, 3.8) is 0 Å². The lowest BCUT2D eigenvalue weighted by Crippen LogP contribution is -2.38. The van der Waals surface area contributed by atoms with Crippen molar-refractivity contribution in [2.75, 3.05) is 13.1 Å². The van der Waals surface area contributed by atoms with Crippen LogP contribution in [0.1, 0.15) is 27.8 Å². The van der Waals surface area contributed by atoms with E-state index >= 15 is 0 Å². The van der Waals surface area contributed by atoms with Crippen LogP contribution in [0.5, 0.6) is 0 Å². The minimum atomic E-state index is -1.03. The fraction of sp³-hybridized carbons (Fsp3) is 0.250. The van der Waals surface area contributed by atoms with Crippen molar-refractivity contribution in [1.82, 2.24) is 10.6 Å². The second kappa shape index (κ2) is 7.55. The molecular formula is C16H17FN2O4. The van der Waals surface area contributed by atoms with Crippen molar-refractivity contribution in [3.8, 4) is 0 Å². The van der Waals surface area contributed by atoms with Gasteiger partial charge >= 0.3 is 0 Å². The van der Waals surface area contributed by atoms with Crippen molar-refractivity contribution < 1.29 is 23.5 Å². The highest BCUT2D eigenvalue weighted by atomic mass is 19.1. The number of rotatable bonds is 6. The highest BCUT2D eigenvalue weighted by molar-refractivity contribution is 5.97. The van der Waals surface area contributed by atoms with Crippen LogP contribution in [0.4, 0.5) is 4.39 Å². The largest absolute Gasteiger partial charge is 0.469 e. The number of furan rings is 1. The summed E-state index contributed by atoms with van der Waals surface area (Å²) in [5, 5.41) is 14.8. The Labute approximate surface area is 132 Å². The molecule has 0 bridgehead atoms. The zero-order valence-electron chi connectivity index (χ0n) is 12.5. The summed E-state index contributed by atoms with van der Waals surface area (Å²) in [6.45, 7) is 1.33. The van der Waals surface area contributed by atoms with E-state index in [4.69, 9.17) is 4.42 Å². The van der Waals surface area contributed by atoms with Crippen LogP contribution >= 0.6 is 0 Å². The van der Waals surface area contributed by atoms with Gasteiger partial charge in [-0.1, -0.05) is 12.1 Å². The molecule has 1 aromatic heterocycles. The Morgan fingerprint density at radius 2 is 2.09 bits per heavy atom. The zero-order valence-corrected chi connectivity index (χ0v) is 12.5. The summed E-state index contributed by atoms with van der Waals surface area (Å²) in [4.78, 5) is 23.5. The van der Waals surface area contributed by atoms with E-state index in [1.807, 2.05) is 0 Å². The third kappa shape index (κ3) is 4.65. The topological polar surface area (TPSA) is 91.6 Å². The summed E-state index contributed by atoms with van der Waals surface area (Å²) in [6.07, 6.45) is 0.362. The molecule has 0 aliphatic heterocycles. The standard InChI is InChI=1S/C16H17FN2O4/c1-10-13(5-6-23-10)16(22)19-9-15(21)18-8-14(20)11-3-2-4-12(17)7-11/h2-7,14,20H,8-9H2,1H3,(H,18,21)(H,19,22). The van der Waals surface area contributed by atoms with Crippen LogP contribution < -0.4 is 10.6 Å². The lowest BCUT2D eigenvalue weighted by molar-refractivity contribution is -0.120. The number of nitrogens with one attached hydrogen (secondary N) is 2. The van der Waals surface area contributed by atoms with Gasteiger partial charge in [0.1, 0.15) is 11.6 Å². The fourth-order valence-electron chi connectivity index (χ4n) is 1.98. The molecule has 0 spiro atoms. The first-order valence-electron chi connectivity index (χ1n) is 7.00. The molecule has 1 aromatic carbocycles. The van der Waals surface area contributed by atoms with E-state index in [0.717, 1.165) is 0 Å². The molecule has 23 heavy (non-hydrogen) atoms. The lowest BCUT2D eigenvalue weighted by Gasteiger charge is -2.12. The first-order valence-corrected chi connectivity index (χ1v) is 7.00. The van der Waals surface area contributed by atoms with E-state index in [9.17, 15) is 19.1 Å². The minimum absolute atomic E-state index is 0.0805. The van der Waals surface area contributed by atoms with Gasteiger partial charge in [0, 0.05) is 6.54 Å². The highest BCUT2D eigenvalue weighted by Crippen LogP contribution is 2.12. The molecule has 2 aromatic rings. The Kier molecular flexibility index (Phi) is 5.48. The van der Waals surface area contributed by atoms with Gasteiger partial charge < -0.3 is 20.2 Å². The van der Waals surface area contributed by atoms with Crippen LogP contribution in [0.15, 0.2) is 41.0 Å². The van der Waals surface area contributed by atoms with Crippen molar-refractivity contribution in [2.45, 2.75) is 13.0 Å². The molecule has 0 aliphatic rings. The number of aryl methyl sites for hydroxylation is 1. The van der Waals surface area contributed by atoms with E-state index in [0.29, 0.717) is 16.9 Å². The second-order valence-electron chi connectivity index (χ2n) is 4.95. The molecule has 7 heteroatoms. The van der Waals surface area contributed by atoms with Gasteiger partial charge in [-0.05, 0) is 30.7 Å². The summed E-state index contributed by atoms with van der Waals surface area (Å²) in [7, 11) is 0. The minimum Gasteiger partial charge on any atom is -0.469 e. The summed E-state index contributed by atoms with van der Waals surface area (Å²) in [5.41, 5.74) is 0.723. The molecule has 1 heterocycles. The van der Waals surface area contributed by atoms with Gasteiger partial charge in [-0.15, -0.1) is 0 Å². The molecule has 2 rings (SSSR count). The Balaban J connectivity index is 1.77. The van der Waals surface area contributed by atoms with E-state index in [-0.39, 0.29) is 13.1 Å². The fourth-order valence-corrected chi connectivity index (χ4v) is 1.98. The van der Waals surface area contributed by atoms with Crippen LogP contribution in [0.2, 0.25) is 0 Å². The van der Waals surface area contributed by atoms with E-state index in [1.54, 1.807) is 13.0 Å². The molecule has 0 saturated heterocycles. The van der Waals surface area contributed by atoms with Gasteiger partial charge in [0.25, 0.3) is 5.91 Å². The highest BCUT2D eigenvalue weighted by Gasteiger charge is 2.14. The molecule has 3 N–H and O–H groups in total. The smallest absolute Gasteiger partial charge is 0.255 e. The molecule has 1 unspecified atom stereocenters. The Bertz CT molecular complexity index is 699. The molecule has 0 fully saturated rings. The summed E-state index contributed by atoms with van der Waals surface area (Å²) < 4.78 is 18.1. The molecule has 0 radical (unpaired) electrons. The third-order valence-corrected chi connectivity index (χ3v) is 3.24. The summed E-state index contributed by atoms with van der Waals surface area (Å²) in [5.74, 6) is -0.882. The number of hydrogen-bond acceptors (Lipinski definition) is 4. The lowest BCUT2D eigenvalue weighted by atomic mass is 10.1. The number of aliphatic hydroxyl groups excluding tert-OH is 1. The SMILES string of the molecule is Cc1occc1C(=O)NCC(=O)NCC(O)c1cccc(F)c1. The number of benzene rings is 1. The molecular weight excluding hydrogens is 303 g/mol. The Hall–Kier alpha value is -2.67. The predicted molar refractivity (Wildman–Crippen MR) is 80.1 cm³/mol. The van der Waals surface area contributed by atoms with Crippen LogP contribution in [0.3, 0.4) is 0 Å². The number of aliphatic hydroxyl groups is 1. The summed E-state index contributed by atoms with van der Waals surface area (Å²) >= 11 is 0. The van der Waals surface area contributed by atoms with Crippen molar-refractivity contribution in [3.05, 3.63) is 59.3 Å². The second-order valence-corrected chi connectivity index (χ2v) is 4.95. The van der Waals surface area contributed by atoms with Crippen molar-refractivity contribution in [1.29, 1.82) is 0 Å². The number of halogens is 1. The number of hydrogen-bond donors (Lipinski definition) is 3. The normalized spacial score (nSPS) is 11.8. The summed E-state index contributed by atoms with van der Waals surface area (Å²) in [6, 6.07) is 7.01. The van der Waals surface area contributed by atoms with Crippen LogP contribution in [-0.2, 0) is 4.79 Å². The van der Waals surface area contributed by atoms with Crippen LogP contribution in [0, 0.1) is 12.7 Å².